The molecule has 1 fully saturated rings. The highest BCUT2D eigenvalue weighted by Crippen LogP contribution is 2.43. The molecule has 2 N–H and O–H groups in total. The van der Waals surface area contributed by atoms with Gasteiger partial charge in [0, 0.05) is 28.2 Å². The molecule has 1 aromatic rings. The lowest BCUT2D eigenvalue weighted by molar-refractivity contribution is -0.134. The van der Waals surface area contributed by atoms with Crippen LogP contribution in [0.25, 0.3) is 0 Å². The van der Waals surface area contributed by atoms with Gasteiger partial charge in [-0.15, -0.1) is 11.3 Å². The summed E-state index contributed by atoms with van der Waals surface area (Å²) in [6, 6.07) is 2.07. The first kappa shape index (κ1) is 14.0. The van der Waals surface area contributed by atoms with E-state index in [0.29, 0.717) is 19.5 Å². The number of carbonyl (C=O) groups excluding carboxylic acids is 1. The van der Waals surface area contributed by atoms with E-state index in [-0.39, 0.29) is 11.3 Å². The van der Waals surface area contributed by atoms with Crippen molar-refractivity contribution in [1.82, 2.24) is 4.90 Å². The van der Waals surface area contributed by atoms with Crippen LogP contribution in [0.2, 0.25) is 0 Å². The Kier molecular flexibility index (Phi) is 4.45. The minimum absolute atomic E-state index is 0.0986. The average Bonchev–Trinajstić information content (AvgIpc) is 2.69. The van der Waals surface area contributed by atoms with E-state index in [1.807, 2.05) is 17.3 Å². The summed E-state index contributed by atoms with van der Waals surface area (Å²) in [5.74, 6) is 0.213. The maximum atomic E-state index is 12.2. The summed E-state index contributed by atoms with van der Waals surface area (Å²) in [4.78, 5) is 15.2. The van der Waals surface area contributed by atoms with Crippen molar-refractivity contribution >= 4 is 33.2 Å². The molecule has 100 valence electrons. The van der Waals surface area contributed by atoms with E-state index in [2.05, 4.69) is 22.0 Å². The zero-order valence-electron chi connectivity index (χ0n) is 10.6. The Labute approximate surface area is 120 Å². The molecule has 1 saturated carbocycles. The van der Waals surface area contributed by atoms with E-state index in [9.17, 15) is 4.79 Å². The predicted octanol–water partition coefficient (Wildman–Crippen LogP) is 2.99. The Hall–Kier alpha value is -0.390. The highest BCUT2D eigenvalue weighted by atomic mass is 79.9. The van der Waals surface area contributed by atoms with Crippen molar-refractivity contribution in [3.63, 3.8) is 0 Å². The fourth-order valence-electron chi connectivity index (χ4n) is 2.34. The quantitative estimate of drug-likeness (QED) is 0.902. The molecule has 3 nitrogen and oxygen atoms in total. The number of carbonyl (C=O) groups is 1. The van der Waals surface area contributed by atoms with Crippen molar-refractivity contribution in [1.29, 1.82) is 0 Å². The molecule has 18 heavy (non-hydrogen) atoms. The molecular formula is C13H19BrN2OS. The van der Waals surface area contributed by atoms with E-state index in [1.54, 1.807) is 11.3 Å². The Morgan fingerprint density at radius 2 is 2.33 bits per heavy atom. The number of halogens is 1. The molecule has 0 unspecified atom stereocenters. The highest BCUT2D eigenvalue weighted by Gasteiger charge is 2.38. The minimum atomic E-state index is 0.0986. The Balaban J connectivity index is 1.88. The van der Waals surface area contributed by atoms with Crippen LogP contribution in [0.3, 0.4) is 0 Å². The smallest absolute Gasteiger partial charge is 0.223 e. The molecule has 0 saturated heterocycles. The van der Waals surface area contributed by atoms with Crippen LogP contribution in [-0.2, 0) is 11.3 Å². The van der Waals surface area contributed by atoms with Gasteiger partial charge in [-0.2, -0.15) is 0 Å². The fraction of sp³-hybridized carbons (Fsp3) is 0.615. The minimum Gasteiger partial charge on any atom is -0.341 e. The lowest BCUT2D eigenvalue weighted by Crippen LogP contribution is -2.42. The van der Waals surface area contributed by atoms with Gasteiger partial charge >= 0.3 is 0 Å². The fourth-order valence-corrected chi connectivity index (χ4v) is 3.85. The molecule has 1 heterocycles. The standard InChI is InChI=1S/C13H19BrN2OS/c1-16(7-11-5-10(14)8-18-11)12(17)6-13(9-15)3-2-4-13/h5,8H,2-4,6-7,9,15H2,1H3. The molecule has 1 aliphatic rings. The molecule has 5 heteroatoms. The van der Waals surface area contributed by atoms with Crippen molar-refractivity contribution in [3.05, 3.63) is 20.8 Å². The van der Waals surface area contributed by atoms with E-state index in [1.165, 1.54) is 11.3 Å². The summed E-state index contributed by atoms with van der Waals surface area (Å²) in [7, 11) is 1.87. The van der Waals surface area contributed by atoms with Crippen LogP contribution in [0.4, 0.5) is 0 Å². The van der Waals surface area contributed by atoms with Crippen LogP contribution in [0, 0.1) is 5.41 Å². The molecule has 0 aliphatic heterocycles. The first-order chi connectivity index (χ1) is 8.54. The number of amides is 1. The second-order valence-corrected chi connectivity index (χ2v) is 7.13. The van der Waals surface area contributed by atoms with Gasteiger partial charge in [-0.1, -0.05) is 6.42 Å². The summed E-state index contributed by atoms with van der Waals surface area (Å²) in [6.45, 7) is 1.33. The molecule has 2 rings (SSSR count). The number of rotatable bonds is 5. The van der Waals surface area contributed by atoms with Gasteiger partial charge in [0.25, 0.3) is 0 Å². The molecular weight excluding hydrogens is 312 g/mol. The highest BCUT2D eigenvalue weighted by molar-refractivity contribution is 9.10. The Morgan fingerprint density at radius 3 is 2.78 bits per heavy atom. The molecule has 0 aromatic carbocycles. The summed E-state index contributed by atoms with van der Waals surface area (Å²) in [6.07, 6.45) is 4.03. The maximum absolute atomic E-state index is 12.2. The molecule has 0 bridgehead atoms. The van der Waals surface area contributed by atoms with Gasteiger partial charge in [0.1, 0.15) is 0 Å². The summed E-state index contributed by atoms with van der Waals surface area (Å²) >= 11 is 5.10. The summed E-state index contributed by atoms with van der Waals surface area (Å²) in [5, 5.41) is 2.04. The zero-order valence-corrected chi connectivity index (χ0v) is 13.0. The Bertz CT molecular complexity index is 423. The van der Waals surface area contributed by atoms with Crippen LogP contribution in [0.1, 0.15) is 30.6 Å². The van der Waals surface area contributed by atoms with Crippen LogP contribution in [-0.4, -0.2) is 24.4 Å². The van der Waals surface area contributed by atoms with Crippen molar-refractivity contribution in [2.45, 2.75) is 32.2 Å². The third-order valence-electron chi connectivity index (χ3n) is 3.81. The van der Waals surface area contributed by atoms with Crippen molar-refractivity contribution < 1.29 is 4.79 Å². The number of hydrogen-bond donors (Lipinski definition) is 1. The largest absolute Gasteiger partial charge is 0.341 e. The third-order valence-corrected chi connectivity index (χ3v) is 5.50. The molecule has 0 atom stereocenters. The van der Waals surface area contributed by atoms with Gasteiger partial charge in [0.15, 0.2) is 0 Å². The molecule has 1 aromatic heterocycles. The SMILES string of the molecule is CN(Cc1cc(Br)cs1)C(=O)CC1(CN)CCC1. The maximum Gasteiger partial charge on any atom is 0.223 e. The van der Waals surface area contributed by atoms with Crippen LogP contribution >= 0.6 is 27.3 Å². The number of thiophene rings is 1. The molecule has 1 aliphatic carbocycles. The second-order valence-electron chi connectivity index (χ2n) is 5.22. The normalized spacial score (nSPS) is 17.3. The monoisotopic (exact) mass is 330 g/mol. The molecule has 1 amide bonds. The van der Waals surface area contributed by atoms with Gasteiger partial charge in [-0.05, 0) is 46.8 Å². The van der Waals surface area contributed by atoms with Crippen LogP contribution in [0.5, 0.6) is 0 Å². The Morgan fingerprint density at radius 1 is 1.61 bits per heavy atom. The number of nitrogens with two attached hydrogens (primary N) is 1. The zero-order chi connectivity index (χ0) is 13.2. The first-order valence-electron chi connectivity index (χ1n) is 6.22. The van der Waals surface area contributed by atoms with Gasteiger partial charge in [-0.3, -0.25) is 4.79 Å². The van der Waals surface area contributed by atoms with Crippen molar-refractivity contribution in [3.8, 4) is 0 Å². The van der Waals surface area contributed by atoms with E-state index < -0.39 is 0 Å². The van der Waals surface area contributed by atoms with Crippen molar-refractivity contribution in [2.24, 2.45) is 11.1 Å². The summed E-state index contributed by atoms with van der Waals surface area (Å²) in [5.41, 5.74) is 5.90. The first-order valence-corrected chi connectivity index (χ1v) is 7.89. The summed E-state index contributed by atoms with van der Waals surface area (Å²) < 4.78 is 1.08. The third kappa shape index (κ3) is 3.13. The lowest BCUT2D eigenvalue weighted by Gasteiger charge is -2.41. The van der Waals surface area contributed by atoms with Crippen LogP contribution < -0.4 is 5.73 Å². The average molecular weight is 331 g/mol. The molecule has 0 radical (unpaired) electrons. The van der Waals surface area contributed by atoms with E-state index in [4.69, 9.17) is 5.73 Å². The van der Waals surface area contributed by atoms with E-state index >= 15 is 0 Å². The van der Waals surface area contributed by atoms with E-state index in [0.717, 1.165) is 17.3 Å². The number of hydrogen-bond acceptors (Lipinski definition) is 3. The van der Waals surface area contributed by atoms with Gasteiger partial charge in [0.2, 0.25) is 5.91 Å². The van der Waals surface area contributed by atoms with Gasteiger partial charge in [0.05, 0.1) is 6.54 Å². The van der Waals surface area contributed by atoms with Gasteiger partial charge < -0.3 is 10.6 Å². The predicted molar refractivity (Wildman–Crippen MR) is 78.4 cm³/mol. The topological polar surface area (TPSA) is 46.3 Å². The molecule has 0 spiro atoms. The second kappa shape index (κ2) is 5.72. The number of nitrogens with zero attached hydrogens (tertiary/aromatic N) is 1. The lowest BCUT2D eigenvalue weighted by atomic mass is 9.66. The van der Waals surface area contributed by atoms with Crippen LogP contribution in [0.15, 0.2) is 15.9 Å². The van der Waals surface area contributed by atoms with Gasteiger partial charge in [-0.25, -0.2) is 0 Å². The van der Waals surface area contributed by atoms with Crippen molar-refractivity contribution in [2.75, 3.05) is 13.6 Å².